The largest absolute Gasteiger partial charge is 0.370 e. The summed E-state index contributed by atoms with van der Waals surface area (Å²) in [6, 6.07) is 3.99. The minimum Gasteiger partial charge on any atom is -0.370 e. The van der Waals surface area contributed by atoms with Crippen molar-refractivity contribution in [3.63, 3.8) is 0 Å². The van der Waals surface area contributed by atoms with Gasteiger partial charge >= 0.3 is 0 Å². The van der Waals surface area contributed by atoms with Crippen molar-refractivity contribution in [2.24, 2.45) is 5.73 Å². The average Bonchev–Trinajstić information content (AvgIpc) is 2.49. The van der Waals surface area contributed by atoms with Gasteiger partial charge < -0.3 is 16.4 Å². The van der Waals surface area contributed by atoms with E-state index in [0.717, 1.165) is 50.0 Å². The number of nitrogens with two attached hydrogens (primary N) is 1. The van der Waals surface area contributed by atoms with Crippen LogP contribution in [0.15, 0.2) is 18.3 Å². The van der Waals surface area contributed by atoms with Crippen LogP contribution in [0.2, 0.25) is 0 Å². The van der Waals surface area contributed by atoms with Gasteiger partial charge in [-0.1, -0.05) is 25.3 Å². The second-order valence-corrected chi connectivity index (χ2v) is 5.97. The topological polar surface area (TPSA) is 80.0 Å². The van der Waals surface area contributed by atoms with Gasteiger partial charge in [0.1, 0.15) is 5.82 Å². The van der Waals surface area contributed by atoms with E-state index in [-0.39, 0.29) is 30.7 Å². The molecule has 7 heteroatoms. The molecule has 0 aliphatic heterocycles. The van der Waals surface area contributed by atoms with Gasteiger partial charge in [0.25, 0.3) is 0 Å². The molecule has 2 rings (SSSR count). The highest BCUT2D eigenvalue weighted by Crippen LogP contribution is 2.25. The molecule has 1 aliphatic rings. The van der Waals surface area contributed by atoms with Crippen LogP contribution in [0.25, 0.3) is 0 Å². The fourth-order valence-corrected chi connectivity index (χ4v) is 2.66. The number of hydrogen-bond donors (Lipinski definition) is 3. The van der Waals surface area contributed by atoms with E-state index >= 15 is 0 Å². The van der Waals surface area contributed by atoms with Crippen LogP contribution in [-0.4, -0.2) is 29.5 Å². The van der Waals surface area contributed by atoms with Gasteiger partial charge in [-0.15, -0.1) is 24.8 Å². The lowest BCUT2D eigenvalue weighted by molar-refractivity contribution is -0.127. The summed E-state index contributed by atoms with van der Waals surface area (Å²) in [6.45, 7) is 3.45. The fourth-order valence-electron chi connectivity index (χ4n) is 2.66. The van der Waals surface area contributed by atoms with E-state index in [0.29, 0.717) is 6.54 Å². The molecule has 1 aliphatic carbocycles. The third-order valence-electron chi connectivity index (χ3n) is 4.05. The Balaban J connectivity index is 0.00000242. The Labute approximate surface area is 151 Å². The number of halogens is 2. The van der Waals surface area contributed by atoms with Crippen LogP contribution < -0.4 is 16.4 Å². The first-order valence-corrected chi connectivity index (χ1v) is 7.84. The van der Waals surface area contributed by atoms with Gasteiger partial charge in [-0.05, 0) is 37.8 Å². The number of aromatic nitrogens is 1. The Morgan fingerprint density at radius 1 is 1.22 bits per heavy atom. The number of pyridine rings is 1. The zero-order chi connectivity index (χ0) is 15.1. The zero-order valence-corrected chi connectivity index (χ0v) is 15.3. The van der Waals surface area contributed by atoms with Gasteiger partial charge in [-0.3, -0.25) is 4.79 Å². The van der Waals surface area contributed by atoms with Gasteiger partial charge in [-0.25, -0.2) is 4.98 Å². The first kappa shape index (κ1) is 22.0. The smallest absolute Gasteiger partial charge is 0.240 e. The first-order chi connectivity index (χ1) is 10.1. The molecular weight excluding hydrogens is 335 g/mol. The lowest BCUT2D eigenvalue weighted by atomic mass is 9.82. The normalized spacial score (nSPS) is 15.7. The molecule has 1 aromatic rings. The third kappa shape index (κ3) is 6.94. The van der Waals surface area contributed by atoms with Crippen LogP contribution in [0.4, 0.5) is 5.82 Å². The standard InChI is InChI=1S/C16H26N4O.2ClH/c1-13-6-7-14(20-12-13)18-10-5-11-19-15(21)16(17)8-3-2-4-9-16;;/h6-7,12H,2-5,8-11,17H2,1H3,(H,18,20)(H,19,21);2*1H. The van der Waals surface area contributed by atoms with Gasteiger partial charge in [0.2, 0.25) is 5.91 Å². The number of nitrogens with one attached hydrogen (secondary N) is 2. The SMILES string of the molecule is Cc1ccc(NCCCNC(=O)C2(N)CCCCC2)nc1.Cl.Cl. The summed E-state index contributed by atoms with van der Waals surface area (Å²) < 4.78 is 0. The summed E-state index contributed by atoms with van der Waals surface area (Å²) in [7, 11) is 0. The Morgan fingerprint density at radius 3 is 2.52 bits per heavy atom. The van der Waals surface area contributed by atoms with Gasteiger partial charge in [-0.2, -0.15) is 0 Å². The number of rotatable bonds is 6. The van der Waals surface area contributed by atoms with Gasteiger partial charge in [0, 0.05) is 19.3 Å². The minimum absolute atomic E-state index is 0. The quantitative estimate of drug-likeness (QED) is 0.679. The summed E-state index contributed by atoms with van der Waals surface area (Å²) >= 11 is 0. The predicted molar refractivity (Wildman–Crippen MR) is 99.6 cm³/mol. The van der Waals surface area contributed by atoms with E-state index in [1.54, 1.807) is 0 Å². The fraction of sp³-hybridized carbons (Fsp3) is 0.625. The van der Waals surface area contributed by atoms with Crippen LogP contribution in [-0.2, 0) is 4.79 Å². The third-order valence-corrected chi connectivity index (χ3v) is 4.05. The molecule has 1 amide bonds. The van der Waals surface area contributed by atoms with E-state index in [4.69, 9.17) is 5.73 Å². The molecular formula is C16H28Cl2N4O. The molecule has 0 radical (unpaired) electrons. The summed E-state index contributed by atoms with van der Waals surface area (Å²) in [5, 5.41) is 6.20. The van der Waals surface area contributed by atoms with Crippen molar-refractivity contribution in [1.82, 2.24) is 10.3 Å². The summed E-state index contributed by atoms with van der Waals surface area (Å²) in [5.74, 6) is 0.880. The van der Waals surface area contributed by atoms with Crippen molar-refractivity contribution in [2.75, 3.05) is 18.4 Å². The van der Waals surface area contributed by atoms with Crippen molar-refractivity contribution in [3.05, 3.63) is 23.9 Å². The van der Waals surface area contributed by atoms with Crippen LogP contribution in [0.3, 0.4) is 0 Å². The van der Waals surface area contributed by atoms with Crippen molar-refractivity contribution in [1.29, 1.82) is 0 Å². The van der Waals surface area contributed by atoms with Crippen LogP contribution >= 0.6 is 24.8 Å². The van der Waals surface area contributed by atoms with Crippen LogP contribution in [0, 0.1) is 6.92 Å². The van der Waals surface area contributed by atoms with E-state index in [2.05, 4.69) is 15.6 Å². The highest BCUT2D eigenvalue weighted by atomic mass is 35.5. The number of anilines is 1. The molecule has 4 N–H and O–H groups in total. The maximum atomic E-state index is 12.1. The molecule has 1 saturated carbocycles. The summed E-state index contributed by atoms with van der Waals surface area (Å²) in [5.41, 5.74) is 6.70. The van der Waals surface area contributed by atoms with Gasteiger partial charge in [0.15, 0.2) is 0 Å². The zero-order valence-electron chi connectivity index (χ0n) is 13.6. The monoisotopic (exact) mass is 362 g/mol. The summed E-state index contributed by atoms with van der Waals surface area (Å²) in [6.07, 6.45) is 7.63. The number of hydrogen-bond acceptors (Lipinski definition) is 4. The molecule has 1 fully saturated rings. The molecule has 1 aromatic heterocycles. The number of carbonyl (C=O) groups excluding carboxylic acids is 1. The molecule has 0 saturated heterocycles. The Morgan fingerprint density at radius 2 is 1.91 bits per heavy atom. The maximum absolute atomic E-state index is 12.1. The molecule has 0 spiro atoms. The molecule has 1 heterocycles. The molecule has 23 heavy (non-hydrogen) atoms. The molecule has 132 valence electrons. The maximum Gasteiger partial charge on any atom is 0.240 e. The molecule has 5 nitrogen and oxygen atoms in total. The van der Waals surface area contributed by atoms with E-state index in [9.17, 15) is 4.79 Å². The van der Waals surface area contributed by atoms with Crippen LogP contribution in [0.1, 0.15) is 44.1 Å². The van der Waals surface area contributed by atoms with E-state index in [1.165, 1.54) is 6.42 Å². The highest BCUT2D eigenvalue weighted by molar-refractivity contribution is 5.86. The van der Waals surface area contributed by atoms with Crippen molar-refractivity contribution in [2.45, 2.75) is 51.0 Å². The molecule has 0 atom stereocenters. The lowest BCUT2D eigenvalue weighted by Gasteiger charge is -2.31. The van der Waals surface area contributed by atoms with E-state index < -0.39 is 5.54 Å². The van der Waals surface area contributed by atoms with Crippen molar-refractivity contribution < 1.29 is 4.79 Å². The number of amides is 1. The molecule has 0 aromatic carbocycles. The first-order valence-electron chi connectivity index (χ1n) is 7.84. The minimum atomic E-state index is -0.635. The van der Waals surface area contributed by atoms with E-state index in [1.807, 2.05) is 25.3 Å². The second-order valence-electron chi connectivity index (χ2n) is 5.97. The number of nitrogens with zero attached hydrogens (tertiary/aromatic N) is 1. The average molecular weight is 363 g/mol. The number of carbonyl (C=O) groups is 1. The predicted octanol–water partition coefficient (Wildman–Crippen LogP) is 2.81. The second kappa shape index (κ2) is 10.7. The summed E-state index contributed by atoms with van der Waals surface area (Å²) in [4.78, 5) is 16.4. The lowest BCUT2D eigenvalue weighted by Crippen LogP contribution is -2.55. The highest BCUT2D eigenvalue weighted by Gasteiger charge is 2.34. The Kier molecular flexibility index (Phi) is 10.2. The van der Waals surface area contributed by atoms with Gasteiger partial charge in [0.05, 0.1) is 5.54 Å². The number of aryl methyl sites for hydroxylation is 1. The Hall–Kier alpha value is -1.04. The van der Waals surface area contributed by atoms with Crippen molar-refractivity contribution in [3.8, 4) is 0 Å². The van der Waals surface area contributed by atoms with Crippen LogP contribution in [0.5, 0.6) is 0 Å². The molecule has 0 unspecified atom stereocenters. The Bertz CT molecular complexity index is 462. The van der Waals surface area contributed by atoms with Crippen molar-refractivity contribution >= 4 is 36.5 Å². The molecule has 0 bridgehead atoms.